The number of amides is 1. The molecule has 0 aliphatic heterocycles. The molecular weight excluding hydrogens is 328 g/mol. The van der Waals surface area contributed by atoms with Crippen LogP contribution in [0.25, 0.3) is 11.0 Å². The Morgan fingerprint density at radius 2 is 2.29 bits per heavy atom. The maximum Gasteiger partial charge on any atom is 0.350 e. The van der Waals surface area contributed by atoms with Crippen molar-refractivity contribution < 1.29 is 14.3 Å². The standard InChI is InChI=1S/C16H14N4O3S/c1-3-6-23-15(22)13-9(2)19-16(24-13)20-14(21)10-4-5-11-12(7-10)18-8-17-11/h3-5,7-8H,1,6H2,2H3,(H,17,18)(H,19,20,21). The first-order valence-electron chi connectivity index (χ1n) is 7.08. The van der Waals surface area contributed by atoms with Crippen molar-refractivity contribution in [2.75, 3.05) is 11.9 Å². The third-order valence-corrected chi connectivity index (χ3v) is 4.27. The normalized spacial score (nSPS) is 10.5. The Kier molecular flexibility index (Phi) is 4.39. The van der Waals surface area contributed by atoms with Crippen molar-refractivity contribution in [2.24, 2.45) is 0 Å². The molecule has 2 heterocycles. The minimum absolute atomic E-state index is 0.127. The number of carbonyl (C=O) groups is 2. The zero-order chi connectivity index (χ0) is 17.1. The summed E-state index contributed by atoms with van der Waals surface area (Å²) in [5.41, 5.74) is 2.53. The molecule has 2 N–H and O–H groups in total. The van der Waals surface area contributed by atoms with E-state index in [2.05, 4.69) is 26.8 Å². The Bertz CT molecular complexity index is 928. The predicted octanol–water partition coefficient (Wildman–Crippen LogP) is 2.92. The van der Waals surface area contributed by atoms with Gasteiger partial charge in [-0.25, -0.2) is 14.8 Å². The molecule has 7 nitrogen and oxygen atoms in total. The Labute approximate surface area is 141 Å². The van der Waals surface area contributed by atoms with Crippen LogP contribution in [-0.4, -0.2) is 33.4 Å². The van der Waals surface area contributed by atoms with Gasteiger partial charge in [0.15, 0.2) is 5.13 Å². The van der Waals surface area contributed by atoms with E-state index in [1.807, 2.05) is 0 Å². The number of benzene rings is 1. The van der Waals surface area contributed by atoms with Crippen LogP contribution in [-0.2, 0) is 4.74 Å². The third kappa shape index (κ3) is 3.18. The van der Waals surface area contributed by atoms with Gasteiger partial charge in [0.1, 0.15) is 11.5 Å². The van der Waals surface area contributed by atoms with Crippen LogP contribution in [0, 0.1) is 6.92 Å². The summed E-state index contributed by atoms with van der Waals surface area (Å²) >= 11 is 1.07. The number of hydrogen-bond donors (Lipinski definition) is 2. The lowest BCUT2D eigenvalue weighted by Gasteiger charge is -2.01. The Morgan fingerprint density at radius 1 is 1.46 bits per heavy atom. The number of hydrogen-bond acceptors (Lipinski definition) is 6. The van der Waals surface area contributed by atoms with Crippen molar-refractivity contribution >= 4 is 39.4 Å². The highest BCUT2D eigenvalue weighted by Crippen LogP contribution is 2.24. The molecule has 0 radical (unpaired) electrons. The van der Waals surface area contributed by atoms with Crippen LogP contribution in [0.3, 0.4) is 0 Å². The Balaban J connectivity index is 1.76. The number of ether oxygens (including phenoxy) is 1. The number of esters is 1. The molecule has 0 unspecified atom stereocenters. The van der Waals surface area contributed by atoms with Gasteiger partial charge in [-0.1, -0.05) is 24.0 Å². The fourth-order valence-electron chi connectivity index (χ4n) is 2.09. The first-order valence-corrected chi connectivity index (χ1v) is 7.90. The summed E-state index contributed by atoms with van der Waals surface area (Å²) in [5, 5.41) is 3.03. The maximum absolute atomic E-state index is 12.3. The molecular formula is C16H14N4O3S. The highest BCUT2D eigenvalue weighted by Gasteiger charge is 2.18. The Morgan fingerprint density at radius 3 is 3.08 bits per heavy atom. The van der Waals surface area contributed by atoms with Gasteiger partial charge in [-0.05, 0) is 25.1 Å². The lowest BCUT2D eigenvalue weighted by atomic mass is 10.2. The minimum Gasteiger partial charge on any atom is -0.457 e. The highest BCUT2D eigenvalue weighted by atomic mass is 32.1. The summed E-state index contributed by atoms with van der Waals surface area (Å²) in [5.74, 6) is -0.796. The fourth-order valence-corrected chi connectivity index (χ4v) is 2.94. The van der Waals surface area contributed by atoms with E-state index in [1.165, 1.54) is 6.08 Å². The average Bonchev–Trinajstić information content (AvgIpc) is 3.18. The van der Waals surface area contributed by atoms with Crippen molar-refractivity contribution in [3.05, 3.63) is 53.3 Å². The van der Waals surface area contributed by atoms with E-state index >= 15 is 0 Å². The SMILES string of the molecule is C=CCOC(=O)c1sc(NC(=O)c2ccc3nc[nH]c3c2)nc1C. The molecule has 0 saturated carbocycles. The number of aromatic nitrogens is 3. The number of anilines is 1. The van der Waals surface area contributed by atoms with Gasteiger partial charge < -0.3 is 9.72 Å². The molecule has 8 heteroatoms. The smallest absolute Gasteiger partial charge is 0.350 e. The number of nitrogens with zero attached hydrogens (tertiary/aromatic N) is 2. The van der Waals surface area contributed by atoms with Crippen molar-refractivity contribution in [1.29, 1.82) is 0 Å². The molecule has 0 bridgehead atoms. The molecule has 2 aromatic heterocycles. The van der Waals surface area contributed by atoms with Crippen LogP contribution >= 0.6 is 11.3 Å². The van der Waals surface area contributed by atoms with Gasteiger partial charge in [-0.3, -0.25) is 10.1 Å². The van der Waals surface area contributed by atoms with E-state index in [0.29, 0.717) is 21.3 Å². The highest BCUT2D eigenvalue weighted by molar-refractivity contribution is 7.17. The molecule has 3 aromatic rings. The molecule has 1 aromatic carbocycles. The molecule has 0 aliphatic rings. The summed E-state index contributed by atoms with van der Waals surface area (Å²) < 4.78 is 4.99. The number of nitrogens with one attached hydrogen (secondary N) is 2. The lowest BCUT2D eigenvalue weighted by Crippen LogP contribution is -2.11. The van der Waals surface area contributed by atoms with Crippen molar-refractivity contribution in [1.82, 2.24) is 15.0 Å². The first kappa shape index (κ1) is 15.9. The summed E-state index contributed by atoms with van der Waals surface area (Å²) in [7, 11) is 0. The number of imidazole rings is 1. The van der Waals surface area contributed by atoms with Gasteiger partial charge in [-0.15, -0.1) is 0 Å². The summed E-state index contributed by atoms with van der Waals surface area (Å²) in [6.07, 6.45) is 3.06. The summed E-state index contributed by atoms with van der Waals surface area (Å²) in [6, 6.07) is 5.14. The molecule has 24 heavy (non-hydrogen) atoms. The molecule has 0 spiro atoms. The van der Waals surface area contributed by atoms with Gasteiger partial charge in [0.25, 0.3) is 5.91 Å². The predicted molar refractivity (Wildman–Crippen MR) is 91.4 cm³/mol. The van der Waals surface area contributed by atoms with E-state index in [0.717, 1.165) is 22.4 Å². The molecule has 1 amide bonds. The van der Waals surface area contributed by atoms with E-state index in [9.17, 15) is 9.59 Å². The number of H-pyrrole nitrogens is 1. The lowest BCUT2D eigenvalue weighted by molar-refractivity contribution is 0.0554. The van der Waals surface area contributed by atoms with Gasteiger partial charge in [-0.2, -0.15) is 0 Å². The molecule has 0 aliphatic carbocycles. The Hall–Kier alpha value is -3.00. The van der Waals surface area contributed by atoms with Gasteiger partial charge in [0.2, 0.25) is 0 Å². The number of thiazole rings is 1. The zero-order valence-corrected chi connectivity index (χ0v) is 13.6. The first-order chi connectivity index (χ1) is 11.6. The molecule has 0 fully saturated rings. The van der Waals surface area contributed by atoms with E-state index in [1.54, 1.807) is 31.5 Å². The van der Waals surface area contributed by atoms with Crippen LogP contribution in [0.15, 0.2) is 37.2 Å². The van der Waals surface area contributed by atoms with E-state index < -0.39 is 5.97 Å². The fraction of sp³-hybridized carbons (Fsp3) is 0.125. The van der Waals surface area contributed by atoms with Gasteiger partial charge in [0.05, 0.1) is 23.1 Å². The van der Waals surface area contributed by atoms with Crippen molar-refractivity contribution in [3.8, 4) is 0 Å². The molecule has 0 saturated heterocycles. The topological polar surface area (TPSA) is 97.0 Å². The van der Waals surface area contributed by atoms with Crippen molar-refractivity contribution in [3.63, 3.8) is 0 Å². The maximum atomic E-state index is 12.3. The zero-order valence-electron chi connectivity index (χ0n) is 12.8. The number of aromatic amines is 1. The number of aryl methyl sites for hydroxylation is 1. The van der Waals surface area contributed by atoms with Crippen LogP contribution in [0.2, 0.25) is 0 Å². The van der Waals surface area contributed by atoms with E-state index in [4.69, 9.17) is 4.74 Å². The number of rotatable bonds is 5. The summed E-state index contributed by atoms with van der Waals surface area (Å²) in [6.45, 7) is 5.31. The quantitative estimate of drug-likeness (QED) is 0.549. The van der Waals surface area contributed by atoms with Crippen molar-refractivity contribution in [2.45, 2.75) is 6.92 Å². The second kappa shape index (κ2) is 6.63. The second-order valence-corrected chi connectivity index (χ2v) is 5.91. The minimum atomic E-state index is -0.482. The monoisotopic (exact) mass is 342 g/mol. The number of carbonyl (C=O) groups excluding carboxylic acids is 2. The van der Waals surface area contributed by atoms with Crippen LogP contribution < -0.4 is 5.32 Å². The van der Waals surface area contributed by atoms with Crippen LogP contribution in [0.1, 0.15) is 25.7 Å². The molecule has 0 atom stereocenters. The average molecular weight is 342 g/mol. The number of fused-ring (bicyclic) bond motifs is 1. The molecule has 3 rings (SSSR count). The van der Waals surface area contributed by atoms with Gasteiger partial charge in [0, 0.05) is 5.56 Å². The van der Waals surface area contributed by atoms with E-state index in [-0.39, 0.29) is 12.5 Å². The van der Waals surface area contributed by atoms with Crippen LogP contribution in [0.5, 0.6) is 0 Å². The summed E-state index contributed by atoms with van der Waals surface area (Å²) in [4.78, 5) is 35.8. The second-order valence-electron chi connectivity index (χ2n) is 4.91. The molecule has 122 valence electrons. The largest absolute Gasteiger partial charge is 0.457 e. The van der Waals surface area contributed by atoms with Gasteiger partial charge >= 0.3 is 5.97 Å². The third-order valence-electron chi connectivity index (χ3n) is 3.22. The van der Waals surface area contributed by atoms with Crippen LogP contribution in [0.4, 0.5) is 5.13 Å².